The standard InChI is InChI=1S/C19H21N7O/c1-25-23-17(22-24-25)13-3-5-14(6-4-13)18(27)26-10-2-8-19(12-26)9-7-15-11-20-21-16(15)19/h3-6,11H,2,7-10,12H2,1H3,(H,20,21). The van der Waals surface area contributed by atoms with Gasteiger partial charge in [-0.05, 0) is 48.6 Å². The van der Waals surface area contributed by atoms with Crippen molar-refractivity contribution in [2.45, 2.75) is 31.1 Å². The van der Waals surface area contributed by atoms with E-state index in [0.717, 1.165) is 44.3 Å². The third-order valence-corrected chi connectivity index (χ3v) is 5.88. The molecule has 1 unspecified atom stereocenters. The first-order valence-electron chi connectivity index (χ1n) is 9.31. The second-order valence-electron chi connectivity index (χ2n) is 7.56. The Kier molecular flexibility index (Phi) is 3.60. The number of aromatic amines is 1. The van der Waals surface area contributed by atoms with Crippen molar-refractivity contribution in [3.63, 3.8) is 0 Å². The number of carbonyl (C=O) groups is 1. The number of carbonyl (C=O) groups excluding carboxylic acids is 1. The predicted molar refractivity (Wildman–Crippen MR) is 98.0 cm³/mol. The van der Waals surface area contributed by atoms with Crippen molar-refractivity contribution >= 4 is 5.91 Å². The van der Waals surface area contributed by atoms with Crippen LogP contribution in [-0.4, -0.2) is 54.3 Å². The number of rotatable bonds is 2. The zero-order valence-corrected chi connectivity index (χ0v) is 15.2. The number of hydrogen-bond donors (Lipinski definition) is 1. The van der Waals surface area contributed by atoms with Crippen LogP contribution in [-0.2, 0) is 18.9 Å². The van der Waals surface area contributed by atoms with Gasteiger partial charge in [-0.25, -0.2) is 0 Å². The van der Waals surface area contributed by atoms with E-state index in [1.807, 2.05) is 35.4 Å². The fraction of sp³-hybridized carbons (Fsp3) is 0.421. The van der Waals surface area contributed by atoms with E-state index < -0.39 is 0 Å². The molecule has 1 aromatic carbocycles. The first-order valence-corrected chi connectivity index (χ1v) is 9.31. The zero-order chi connectivity index (χ0) is 18.4. The Labute approximate surface area is 156 Å². The average Bonchev–Trinajstić information content (AvgIpc) is 3.41. The lowest BCUT2D eigenvalue weighted by atomic mass is 9.77. The molecular weight excluding hydrogens is 342 g/mol. The van der Waals surface area contributed by atoms with Crippen LogP contribution in [0.15, 0.2) is 30.5 Å². The number of H-pyrrole nitrogens is 1. The molecule has 1 N–H and O–H groups in total. The van der Waals surface area contributed by atoms with E-state index in [1.54, 1.807) is 7.05 Å². The summed E-state index contributed by atoms with van der Waals surface area (Å²) < 4.78 is 0. The molecule has 1 aliphatic carbocycles. The number of likely N-dealkylation sites (tertiary alicyclic amines) is 1. The number of piperidine rings is 1. The van der Waals surface area contributed by atoms with Crippen molar-refractivity contribution in [1.82, 2.24) is 35.3 Å². The molecule has 1 aliphatic heterocycles. The molecule has 0 radical (unpaired) electrons. The van der Waals surface area contributed by atoms with Crippen LogP contribution in [0.2, 0.25) is 0 Å². The van der Waals surface area contributed by atoms with Crippen LogP contribution in [0.1, 0.15) is 40.9 Å². The highest BCUT2D eigenvalue weighted by Crippen LogP contribution is 2.44. The van der Waals surface area contributed by atoms with Crippen LogP contribution in [0, 0.1) is 0 Å². The fourth-order valence-corrected chi connectivity index (χ4v) is 4.52. The fourth-order valence-electron chi connectivity index (χ4n) is 4.52. The van der Waals surface area contributed by atoms with Gasteiger partial charge in [0, 0.05) is 35.3 Å². The number of aromatic nitrogens is 6. The van der Waals surface area contributed by atoms with Crippen molar-refractivity contribution in [2.75, 3.05) is 13.1 Å². The summed E-state index contributed by atoms with van der Waals surface area (Å²) in [5, 5.41) is 19.5. The van der Waals surface area contributed by atoms with E-state index in [0.29, 0.717) is 11.4 Å². The molecule has 0 saturated carbocycles. The molecule has 138 valence electrons. The maximum Gasteiger partial charge on any atom is 0.253 e. The lowest BCUT2D eigenvalue weighted by Gasteiger charge is -2.40. The maximum atomic E-state index is 13.1. The third kappa shape index (κ3) is 2.63. The monoisotopic (exact) mass is 363 g/mol. The maximum absolute atomic E-state index is 13.1. The molecule has 8 nitrogen and oxygen atoms in total. The quantitative estimate of drug-likeness (QED) is 0.748. The summed E-state index contributed by atoms with van der Waals surface area (Å²) in [7, 11) is 1.73. The smallest absolute Gasteiger partial charge is 0.253 e. The van der Waals surface area contributed by atoms with Gasteiger partial charge in [0.15, 0.2) is 0 Å². The molecule has 8 heteroatoms. The highest BCUT2D eigenvalue weighted by molar-refractivity contribution is 5.94. The van der Waals surface area contributed by atoms with Gasteiger partial charge in [0.2, 0.25) is 5.82 Å². The van der Waals surface area contributed by atoms with Crippen LogP contribution in [0.3, 0.4) is 0 Å². The number of nitrogens with zero attached hydrogens (tertiary/aromatic N) is 6. The van der Waals surface area contributed by atoms with Gasteiger partial charge in [0.25, 0.3) is 5.91 Å². The Bertz CT molecular complexity index is 990. The van der Waals surface area contributed by atoms with Gasteiger partial charge in [-0.15, -0.1) is 10.2 Å². The molecule has 0 bridgehead atoms. The Balaban J connectivity index is 1.36. The molecule has 27 heavy (non-hydrogen) atoms. The second-order valence-corrected chi connectivity index (χ2v) is 7.56. The number of hydrogen-bond acceptors (Lipinski definition) is 5. The average molecular weight is 363 g/mol. The highest BCUT2D eigenvalue weighted by Gasteiger charge is 2.44. The largest absolute Gasteiger partial charge is 0.338 e. The second kappa shape index (κ2) is 6.00. The first-order chi connectivity index (χ1) is 13.1. The van der Waals surface area contributed by atoms with E-state index in [1.165, 1.54) is 16.1 Å². The Morgan fingerprint density at radius 1 is 1.22 bits per heavy atom. The lowest BCUT2D eigenvalue weighted by molar-refractivity contribution is 0.0633. The molecule has 3 heterocycles. The van der Waals surface area contributed by atoms with Gasteiger partial charge >= 0.3 is 0 Å². The predicted octanol–water partition coefficient (Wildman–Crippen LogP) is 1.72. The SMILES string of the molecule is Cn1nnc(-c2ccc(C(=O)N3CCCC4(CCc5cn[nH]c54)C3)cc2)n1. The van der Waals surface area contributed by atoms with E-state index in [9.17, 15) is 4.79 Å². The molecule has 1 fully saturated rings. The zero-order valence-electron chi connectivity index (χ0n) is 15.2. The number of tetrazole rings is 1. The van der Waals surface area contributed by atoms with Gasteiger partial charge in [0.05, 0.1) is 13.2 Å². The summed E-state index contributed by atoms with van der Waals surface area (Å²) in [5.74, 6) is 0.645. The van der Waals surface area contributed by atoms with E-state index >= 15 is 0 Å². The number of amides is 1. The Hall–Kier alpha value is -3.03. The summed E-state index contributed by atoms with van der Waals surface area (Å²) in [6.07, 6.45) is 6.21. The minimum absolute atomic E-state index is 0.0449. The van der Waals surface area contributed by atoms with E-state index in [4.69, 9.17) is 0 Å². The molecular formula is C19H21N7O. The number of fused-ring (bicyclic) bond motifs is 2. The van der Waals surface area contributed by atoms with Crippen molar-refractivity contribution < 1.29 is 4.79 Å². The first kappa shape index (κ1) is 16.2. The molecule has 1 atom stereocenters. The summed E-state index contributed by atoms with van der Waals surface area (Å²) in [6.45, 7) is 1.56. The highest BCUT2D eigenvalue weighted by atomic mass is 16.2. The minimum Gasteiger partial charge on any atom is -0.338 e. The Morgan fingerprint density at radius 2 is 2.07 bits per heavy atom. The van der Waals surface area contributed by atoms with Crippen LogP contribution in [0.4, 0.5) is 0 Å². The molecule has 1 amide bonds. The summed E-state index contributed by atoms with van der Waals surface area (Å²) >= 11 is 0. The van der Waals surface area contributed by atoms with Crippen LogP contribution in [0.5, 0.6) is 0 Å². The molecule has 1 spiro atoms. The normalized spacial score (nSPS) is 21.6. The minimum atomic E-state index is 0.0449. The van der Waals surface area contributed by atoms with E-state index in [-0.39, 0.29) is 11.3 Å². The van der Waals surface area contributed by atoms with Crippen LogP contribution < -0.4 is 0 Å². The Morgan fingerprint density at radius 3 is 2.85 bits per heavy atom. The number of benzene rings is 1. The molecule has 3 aromatic rings. The van der Waals surface area contributed by atoms with Crippen molar-refractivity contribution in [3.05, 3.63) is 47.3 Å². The van der Waals surface area contributed by atoms with E-state index in [2.05, 4.69) is 25.6 Å². The summed E-state index contributed by atoms with van der Waals surface area (Å²) in [6, 6.07) is 7.47. The number of nitrogens with one attached hydrogen (secondary N) is 1. The van der Waals surface area contributed by atoms with Gasteiger partial charge in [-0.2, -0.15) is 9.90 Å². The van der Waals surface area contributed by atoms with Gasteiger partial charge < -0.3 is 4.90 Å². The van der Waals surface area contributed by atoms with Gasteiger partial charge in [-0.3, -0.25) is 9.89 Å². The van der Waals surface area contributed by atoms with Gasteiger partial charge in [0.1, 0.15) is 0 Å². The van der Waals surface area contributed by atoms with Crippen molar-refractivity contribution in [2.24, 2.45) is 7.05 Å². The summed E-state index contributed by atoms with van der Waals surface area (Å²) in [5.41, 5.74) is 4.15. The molecule has 5 rings (SSSR count). The molecule has 1 saturated heterocycles. The van der Waals surface area contributed by atoms with Crippen LogP contribution >= 0.6 is 0 Å². The molecule has 2 aliphatic rings. The molecule has 2 aromatic heterocycles. The summed E-state index contributed by atoms with van der Waals surface area (Å²) in [4.78, 5) is 16.5. The van der Waals surface area contributed by atoms with Crippen molar-refractivity contribution in [1.29, 1.82) is 0 Å². The topological polar surface area (TPSA) is 92.6 Å². The van der Waals surface area contributed by atoms with Crippen molar-refractivity contribution in [3.8, 4) is 11.4 Å². The van der Waals surface area contributed by atoms with Gasteiger partial charge in [-0.1, -0.05) is 12.1 Å². The number of aryl methyl sites for hydroxylation is 2. The van der Waals surface area contributed by atoms with Crippen LogP contribution in [0.25, 0.3) is 11.4 Å². The third-order valence-electron chi connectivity index (χ3n) is 5.88. The lowest BCUT2D eigenvalue weighted by Crippen LogP contribution is -2.47.